The lowest BCUT2D eigenvalue weighted by Crippen LogP contribution is -2.32. The largest absolute Gasteiger partial charge is 0.367 e. The molecular formula is C21H25N5O4S. The summed E-state index contributed by atoms with van der Waals surface area (Å²) >= 11 is 0. The highest BCUT2D eigenvalue weighted by molar-refractivity contribution is 7.88. The fourth-order valence-electron chi connectivity index (χ4n) is 3.77. The van der Waals surface area contributed by atoms with Crippen molar-refractivity contribution in [3.05, 3.63) is 65.7 Å². The van der Waals surface area contributed by atoms with Crippen molar-refractivity contribution in [1.29, 1.82) is 0 Å². The predicted octanol–water partition coefficient (Wildman–Crippen LogP) is 1.43. The fraction of sp³-hybridized carbons (Fsp3) is 0.333. The Labute approximate surface area is 181 Å². The molecule has 1 atom stereocenters. The van der Waals surface area contributed by atoms with Gasteiger partial charge in [0.1, 0.15) is 0 Å². The van der Waals surface area contributed by atoms with Crippen LogP contribution >= 0.6 is 0 Å². The van der Waals surface area contributed by atoms with Gasteiger partial charge in [0.25, 0.3) is 5.91 Å². The Morgan fingerprint density at radius 3 is 2.68 bits per heavy atom. The van der Waals surface area contributed by atoms with Gasteiger partial charge in [0.05, 0.1) is 12.8 Å². The van der Waals surface area contributed by atoms with Crippen LogP contribution in [-0.2, 0) is 10.0 Å². The molecule has 9 nitrogen and oxygen atoms in total. The first kappa shape index (κ1) is 21.1. The molecule has 1 fully saturated rings. The zero-order valence-corrected chi connectivity index (χ0v) is 18.0. The lowest BCUT2D eigenvalue weighted by molar-refractivity contribution is 0.0948. The van der Waals surface area contributed by atoms with Crippen LogP contribution in [0.5, 0.6) is 0 Å². The van der Waals surface area contributed by atoms with Crippen LogP contribution in [0.25, 0.3) is 0 Å². The number of amides is 3. The molecule has 4 rings (SSSR count). The third-order valence-electron chi connectivity index (χ3n) is 5.55. The van der Waals surface area contributed by atoms with E-state index in [9.17, 15) is 18.0 Å². The van der Waals surface area contributed by atoms with E-state index in [-0.39, 0.29) is 17.9 Å². The Kier molecular flexibility index (Phi) is 5.84. The summed E-state index contributed by atoms with van der Waals surface area (Å²) in [6.45, 7) is 1.84. The number of hydrogen-bond acceptors (Lipinski definition) is 5. The molecule has 1 unspecified atom stereocenters. The molecule has 164 valence electrons. The summed E-state index contributed by atoms with van der Waals surface area (Å²) < 4.78 is 24.6. The number of rotatable bonds is 5. The molecule has 1 saturated heterocycles. The number of sulfonamides is 1. The van der Waals surface area contributed by atoms with Crippen molar-refractivity contribution in [1.82, 2.24) is 19.8 Å². The number of nitrogens with zero attached hydrogens (tertiary/aromatic N) is 2. The van der Waals surface area contributed by atoms with Crippen LogP contribution in [0.3, 0.4) is 0 Å². The standard InChI is InChI=1S/C21H25N5O4S/c1-31(29,30)26-9-7-15(12-26)10-23-20(27)16-2-4-19(5-3-16)24-21(28)25-13-17-6-8-22-11-18(17)14-25/h2-6,8,11,13,15,22H,7,9-10,12,14H2,1H3,(H,23,27)(H,24,28). The molecule has 10 heteroatoms. The number of urea groups is 1. The highest BCUT2D eigenvalue weighted by Gasteiger charge is 2.28. The van der Waals surface area contributed by atoms with Gasteiger partial charge in [-0.15, -0.1) is 0 Å². The van der Waals surface area contributed by atoms with E-state index in [1.807, 2.05) is 18.5 Å². The van der Waals surface area contributed by atoms with Gasteiger partial charge in [0.15, 0.2) is 0 Å². The van der Waals surface area contributed by atoms with Gasteiger partial charge in [-0.1, -0.05) is 0 Å². The number of allylic oxidation sites excluding steroid dienone is 1. The van der Waals surface area contributed by atoms with Gasteiger partial charge in [-0.3, -0.25) is 9.69 Å². The van der Waals surface area contributed by atoms with E-state index < -0.39 is 10.0 Å². The number of dihydropyridines is 1. The van der Waals surface area contributed by atoms with E-state index in [1.165, 1.54) is 10.6 Å². The molecule has 31 heavy (non-hydrogen) atoms. The number of carbonyl (C=O) groups excluding carboxylic acids is 2. The number of fused-ring (bicyclic) bond motifs is 1. The maximum atomic E-state index is 12.5. The molecule has 0 aliphatic carbocycles. The lowest BCUT2D eigenvalue weighted by Gasteiger charge is -2.15. The van der Waals surface area contributed by atoms with Crippen LogP contribution in [-0.4, -0.2) is 62.0 Å². The van der Waals surface area contributed by atoms with Crippen LogP contribution in [0, 0.1) is 5.92 Å². The molecule has 0 spiro atoms. The maximum absolute atomic E-state index is 12.5. The van der Waals surface area contributed by atoms with E-state index in [0.29, 0.717) is 37.4 Å². The molecule has 3 aliphatic heterocycles. The monoisotopic (exact) mass is 443 g/mol. The summed E-state index contributed by atoms with van der Waals surface area (Å²) in [6.07, 6.45) is 9.33. The van der Waals surface area contributed by atoms with Crippen molar-refractivity contribution in [3.8, 4) is 0 Å². The molecule has 3 heterocycles. The Morgan fingerprint density at radius 2 is 2.00 bits per heavy atom. The van der Waals surface area contributed by atoms with Gasteiger partial charge in [0, 0.05) is 49.5 Å². The third kappa shape index (κ3) is 4.97. The third-order valence-corrected chi connectivity index (χ3v) is 6.82. The number of hydrogen-bond donors (Lipinski definition) is 3. The quantitative estimate of drug-likeness (QED) is 0.638. The second kappa shape index (κ2) is 8.56. The van der Waals surface area contributed by atoms with E-state index >= 15 is 0 Å². The lowest BCUT2D eigenvalue weighted by atomic mass is 10.1. The zero-order valence-electron chi connectivity index (χ0n) is 17.2. The van der Waals surface area contributed by atoms with Crippen molar-refractivity contribution in [2.24, 2.45) is 5.92 Å². The first-order chi connectivity index (χ1) is 14.8. The highest BCUT2D eigenvalue weighted by atomic mass is 32.2. The first-order valence-corrected chi connectivity index (χ1v) is 11.9. The first-order valence-electron chi connectivity index (χ1n) is 10.0. The summed E-state index contributed by atoms with van der Waals surface area (Å²) in [4.78, 5) is 26.5. The Balaban J connectivity index is 1.27. The highest BCUT2D eigenvalue weighted by Crippen LogP contribution is 2.24. The van der Waals surface area contributed by atoms with Crippen LogP contribution < -0.4 is 16.0 Å². The van der Waals surface area contributed by atoms with Crippen LogP contribution in [0.2, 0.25) is 0 Å². The minimum absolute atomic E-state index is 0.107. The average molecular weight is 444 g/mol. The molecule has 1 aromatic carbocycles. The molecule has 0 aromatic heterocycles. The van der Waals surface area contributed by atoms with Crippen molar-refractivity contribution in [2.75, 3.05) is 37.8 Å². The number of anilines is 1. The Hall–Kier alpha value is -3.11. The summed E-state index contributed by atoms with van der Waals surface area (Å²) in [5.74, 6) is -0.120. The van der Waals surface area contributed by atoms with E-state index in [1.54, 1.807) is 35.4 Å². The van der Waals surface area contributed by atoms with Crippen LogP contribution in [0.4, 0.5) is 10.5 Å². The SMILES string of the molecule is CS(=O)(=O)N1CCC(CNC(=O)c2ccc(NC(=O)N3C=C4C=CNC=C4C3)cc2)C1. The minimum atomic E-state index is -3.18. The smallest absolute Gasteiger partial charge is 0.326 e. The molecule has 0 bridgehead atoms. The summed E-state index contributed by atoms with van der Waals surface area (Å²) in [5, 5.41) is 8.71. The average Bonchev–Trinajstić information content (AvgIpc) is 3.39. The fourth-order valence-corrected chi connectivity index (χ4v) is 4.69. The van der Waals surface area contributed by atoms with Crippen molar-refractivity contribution in [2.45, 2.75) is 6.42 Å². The van der Waals surface area contributed by atoms with Crippen molar-refractivity contribution in [3.63, 3.8) is 0 Å². The molecule has 0 radical (unpaired) electrons. The van der Waals surface area contributed by atoms with E-state index in [4.69, 9.17) is 0 Å². The molecule has 3 aliphatic rings. The van der Waals surface area contributed by atoms with Crippen LogP contribution in [0.15, 0.2) is 60.1 Å². The maximum Gasteiger partial charge on any atom is 0.326 e. The van der Waals surface area contributed by atoms with Gasteiger partial charge in [-0.25, -0.2) is 17.5 Å². The molecule has 1 aromatic rings. The Bertz CT molecular complexity index is 1080. The van der Waals surface area contributed by atoms with Gasteiger partial charge in [0.2, 0.25) is 10.0 Å². The van der Waals surface area contributed by atoms with E-state index in [0.717, 1.165) is 17.6 Å². The van der Waals surface area contributed by atoms with Crippen molar-refractivity contribution < 1.29 is 18.0 Å². The number of nitrogens with one attached hydrogen (secondary N) is 3. The summed E-state index contributed by atoms with van der Waals surface area (Å²) in [6, 6.07) is 6.43. The molecular weight excluding hydrogens is 418 g/mol. The second-order valence-electron chi connectivity index (χ2n) is 7.88. The second-order valence-corrected chi connectivity index (χ2v) is 9.86. The van der Waals surface area contributed by atoms with E-state index in [2.05, 4.69) is 16.0 Å². The molecule has 3 N–H and O–H groups in total. The summed E-state index contributed by atoms with van der Waals surface area (Å²) in [7, 11) is -3.18. The summed E-state index contributed by atoms with van der Waals surface area (Å²) in [5.41, 5.74) is 3.12. The van der Waals surface area contributed by atoms with Gasteiger partial charge >= 0.3 is 6.03 Å². The van der Waals surface area contributed by atoms with Gasteiger partial charge < -0.3 is 16.0 Å². The van der Waals surface area contributed by atoms with Crippen LogP contribution in [0.1, 0.15) is 16.8 Å². The topological polar surface area (TPSA) is 111 Å². The minimum Gasteiger partial charge on any atom is -0.367 e. The van der Waals surface area contributed by atoms with Gasteiger partial charge in [-0.2, -0.15) is 0 Å². The van der Waals surface area contributed by atoms with Crippen molar-refractivity contribution >= 4 is 27.6 Å². The normalized spacial score (nSPS) is 20.5. The Morgan fingerprint density at radius 1 is 1.23 bits per heavy atom. The zero-order chi connectivity index (χ0) is 22.0. The molecule has 3 amide bonds. The number of carbonyl (C=O) groups is 2. The molecule has 0 saturated carbocycles. The van der Waals surface area contributed by atoms with Gasteiger partial charge in [-0.05, 0) is 53.8 Å². The predicted molar refractivity (Wildman–Crippen MR) is 117 cm³/mol. The number of benzene rings is 1.